The average Bonchev–Trinajstić information content (AvgIpc) is 2.71. The van der Waals surface area contributed by atoms with E-state index in [9.17, 15) is 4.79 Å². The number of aliphatic hydroxyl groups is 1. The van der Waals surface area contributed by atoms with Crippen molar-refractivity contribution < 1.29 is 9.90 Å². The molecule has 0 aliphatic heterocycles. The van der Waals surface area contributed by atoms with Gasteiger partial charge in [-0.3, -0.25) is 4.79 Å². The zero-order chi connectivity index (χ0) is 13.7. The Kier molecular flexibility index (Phi) is 5.22. The highest BCUT2D eigenvalue weighted by Crippen LogP contribution is 2.16. The predicted molar refractivity (Wildman–Crippen MR) is 72.5 cm³/mol. The lowest BCUT2D eigenvalue weighted by Crippen LogP contribution is -2.36. The van der Waals surface area contributed by atoms with Crippen LogP contribution in [0.15, 0.2) is 12.3 Å². The normalized spacial score (nSPS) is 12.7. The van der Waals surface area contributed by atoms with E-state index in [4.69, 9.17) is 10.8 Å². The predicted octanol–water partition coefficient (Wildman–Crippen LogP) is 1.54. The average molecular weight is 253 g/mol. The van der Waals surface area contributed by atoms with Crippen LogP contribution in [-0.4, -0.2) is 28.2 Å². The highest BCUT2D eigenvalue weighted by atomic mass is 16.3. The lowest BCUT2D eigenvalue weighted by molar-refractivity contribution is 0.0918. The molecule has 0 fully saturated rings. The van der Waals surface area contributed by atoms with Gasteiger partial charge in [-0.15, -0.1) is 0 Å². The Morgan fingerprint density at radius 3 is 2.72 bits per heavy atom. The fraction of sp³-hybridized carbons (Fsp3) is 0.615. The second kappa shape index (κ2) is 6.44. The Bertz CT molecular complexity index is 399. The summed E-state index contributed by atoms with van der Waals surface area (Å²) in [6, 6.07) is 1.86. The highest BCUT2D eigenvalue weighted by Gasteiger charge is 2.17. The maximum Gasteiger partial charge on any atom is 0.268 e. The first kappa shape index (κ1) is 14.6. The molecular weight excluding hydrogens is 230 g/mol. The molecule has 102 valence electrons. The second-order valence-corrected chi connectivity index (χ2v) is 4.75. The molecular formula is C13H23N3O2. The van der Waals surface area contributed by atoms with Crippen molar-refractivity contribution in [2.45, 2.75) is 45.7 Å². The van der Waals surface area contributed by atoms with Crippen molar-refractivity contribution in [1.29, 1.82) is 0 Å². The number of aromatic nitrogens is 1. The summed E-state index contributed by atoms with van der Waals surface area (Å²) in [7, 11) is 0. The minimum Gasteiger partial charge on any atom is -0.397 e. The first-order chi connectivity index (χ1) is 8.49. The smallest absolute Gasteiger partial charge is 0.268 e. The van der Waals surface area contributed by atoms with Gasteiger partial charge in [-0.05, 0) is 32.8 Å². The Morgan fingerprint density at radius 2 is 2.22 bits per heavy atom. The number of hydrogen-bond donors (Lipinski definition) is 3. The van der Waals surface area contributed by atoms with E-state index in [1.165, 1.54) is 0 Å². The molecule has 5 nitrogen and oxygen atoms in total. The maximum atomic E-state index is 12.2. The standard InChI is InChI=1S/C13H23N3O2/c1-4-11(5-6-17)15-13(18)12-7-10(14)8-16(12)9(2)3/h7-9,11,17H,4-6,14H2,1-3H3,(H,15,18). The first-order valence-corrected chi connectivity index (χ1v) is 6.38. The van der Waals surface area contributed by atoms with Crippen molar-refractivity contribution in [1.82, 2.24) is 9.88 Å². The number of aliphatic hydroxyl groups excluding tert-OH is 1. The van der Waals surface area contributed by atoms with Crippen LogP contribution in [-0.2, 0) is 0 Å². The fourth-order valence-electron chi connectivity index (χ4n) is 1.90. The van der Waals surface area contributed by atoms with E-state index in [0.29, 0.717) is 17.8 Å². The van der Waals surface area contributed by atoms with E-state index in [1.807, 2.05) is 25.3 Å². The van der Waals surface area contributed by atoms with Crippen LogP contribution in [0, 0.1) is 0 Å². The van der Waals surface area contributed by atoms with Gasteiger partial charge in [0, 0.05) is 24.9 Å². The number of carbonyl (C=O) groups is 1. The summed E-state index contributed by atoms with van der Waals surface area (Å²) in [5.74, 6) is -0.138. The molecule has 1 atom stereocenters. The minimum atomic E-state index is -0.138. The van der Waals surface area contributed by atoms with E-state index in [0.717, 1.165) is 6.42 Å². The van der Waals surface area contributed by atoms with Gasteiger partial charge in [0.15, 0.2) is 0 Å². The molecule has 5 heteroatoms. The third-order valence-corrected chi connectivity index (χ3v) is 2.96. The van der Waals surface area contributed by atoms with Gasteiger partial charge >= 0.3 is 0 Å². The number of amides is 1. The Hall–Kier alpha value is -1.49. The molecule has 1 aromatic rings. The van der Waals surface area contributed by atoms with E-state index >= 15 is 0 Å². The Labute approximate surface area is 108 Å². The van der Waals surface area contributed by atoms with Gasteiger partial charge in [-0.2, -0.15) is 0 Å². The van der Waals surface area contributed by atoms with Crippen molar-refractivity contribution in [3.63, 3.8) is 0 Å². The lowest BCUT2D eigenvalue weighted by Gasteiger charge is -2.17. The molecule has 18 heavy (non-hydrogen) atoms. The summed E-state index contributed by atoms with van der Waals surface area (Å²) in [5, 5.41) is 11.8. The minimum absolute atomic E-state index is 0.000707. The monoisotopic (exact) mass is 253 g/mol. The molecule has 0 aliphatic rings. The van der Waals surface area contributed by atoms with Crippen LogP contribution in [0.2, 0.25) is 0 Å². The zero-order valence-electron chi connectivity index (χ0n) is 11.3. The quantitative estimate of drug-likeness (QED) is 0.719. The summed E-state index contributed by atoms with van der Waals surface area (Å²) < 4.78 is 1.86. The van der Waals surface area contributed by atoms with Crippen LogP contribution in [0.3, 0.4) is 0 Å². The number of hydrogen-bond acceptors (Lipinski definition) is 3. The van der Waals surface area contributed by atoms with Crippen molar-refractivity contribution in [2.24, 2.45) is 0 Å². The molecule has 0 aliphatic carbocycles. The summed E-state index contributed by atoms with van der Waals surface area (Å²) in [5.41, 5.74) is 6.89. The molecule has 0 bridgehead atoms. The highest BCUT2D eigenvalue weighted by molar-refractivity contribution is 5.94. The molecule has 0 aromatic carbocycles. The van der Waals surface area contributed by atoms with Gasteiger partial charge in [0.1, 0.15) is 5.69 Å². The number of nitrogens with one attached hydrogen (secondary N) is 1. The van der Waals surface area contributed by atoms with Gasteiger partial charge in [0.2, 0.25) is 0 Å². The van der Waals surface area contributed by atoms with Crippen molar-refractivity contribution in [2.75, 3.05) is 12.3 Å². The van der Waals surface area contributed by atoms with E-state index in [1.54, 1.807) is 12.3 Å². The largest absolute Gasteiger partial charge is 0.397 e. The van der Waals surface area contributed by atoms with Crippen LogP contribution in [0.1, 0.15) is 50.1 Å². The molecule has 1 aromatic heterocycles. The second-order valence-electron chi connectivity index (χ2n) is 4.75. The van der Waals surface area contributed by atoms with Crippen LogP contribution in [0.5, 0.6) is 0 Å². The van der Waals surface area contributed by atoms with Gasteiger partial charge in [0.05, 0.1) is 5.69 Å². The third-order valence-electron chi connectivity index (χ3n) is 2.96. The third kappa shape index (κ3) is 3.50. The molecule has 4 N–H and O–H groups in total. The Balaban J connectivity index is 2.83. The van der Waals surface area contributed by atoms with Crippen molar-refractivity contribution in [3.05, 3.63) is 18.0 Å². The van der Waals surface area contributed by atoms with Crippen molar-refractivity contribution >= 4 is 11.6 Å². The summed E-state index contributed by atoms with van der Waals surface area (Å²) in [4.78, 5) is 12.2. The maximum absolute atomic E-state index is 12.2. The first-order valence-electron chi connectivity index (χ1n) is 6.38. The number of nitrogen functional groups attached to an aromatic ring is 1. The number of rotatable bonds is 6. The van der Waals surface area contributed by atoms with Crippen LogP contribution in [0.25, 0.3) is 0 Å². The Morgan fingerprint density at radius 1 is 1.56 bits per heavy atom. The molecule has 0 saturated carbocycles. The van der Waals surface area contributed by atoms with E-state index in [2.05, 4.69) is 5.32 Å². The summed E-state index contributed by atoms with van der Waals surface area (Å²) in [6.07, 6.45) is 3.14. The SMILES string of the molecule is CCC(CCO)NC(=O)c1cc(N)cn1C(C)C. The van der Waals surface area contributed by atoms with Gasteiger partial charge in [-0.25, -0.2) is 0 Å². The van der Waals surface area contributed by atoms with E-state index in [-0.39, 0.29) is 24.6 Å². The molecule has 0 saturated heterocycles. The van der Waals surface area contributed by atoms with Crippen molar-refractivity contribution in [3.8, 4) is 0 Å². The summed E-state index contributed by atoms with van der Waals surface area (Å²) >= 11 is 0. The number of nitrogens with zero attached hydrogens (tertiary/aromatic N) is 1. The van der Waals surface area contributed by atoms with Crippen LogP contribution < -0.4 is 11.1 Å². The fourth-order valence-corrected chi connectivity index (χ4v) is 1.90. The van der Waals surface area contributed by atoms with Gasteiger partial charge < -0.3 is 20.7 Å². The topological polar surface area (TPSA) is 80.3 Å². The molecule has 1 heterocycles. The summed E-state index contributed by atoms with van der Waals surface area (Å²) in [6.45, 7) is 6.06. The molecule has 1 rings (SSSR count). The number of anilines is 1. The van der Waals surface area contributed by atoms with Gasteiger partial charge in [-0.1, -0.05) is 6.92 Å². The lowest BCUT2D eigenvalue weighted by atomic mass is 10.1. The van der Waals surface area contributed by atoms with Crippen LogP contribution in [0.4, 0.5) is 5.69 Å². The molecule has 1 amide bonds. The van der Waals surface area contributed by atoms with E-state index < -0.39 is 0 Å². The number of nitrogens with two attached hydrogens (primary N) is 1. The molecule has 0 spiro atoms. The van der Waals surface area contributed by atoms with Gasteiger partial charge in [0.25, 0.3) is 5.91 Å². The molecule has 1 unspecified atom stereocenters. The zero-order valence-corrected chi connectivity index (χ0v) is 11.3. The molecule has 0 radical (unpaired) electrons. The number of carbonyl (C=O) groups excluding carboxylic acids is 1. The van der Waals surface area contributed by atoms with Crippen LogP contribution >= 0.6 is 0 Å².